The third-order valence-corrected chi connectivity index (χ3v) is 3.79. The molecule has 3 rings (SSSR count). The quantitative estimate of drug-likeness (QED) is 0.558. The second-order valence-corrected chi connectivity index (χ2v) is 5.43. The van der Waals surface area contributed by atoms with Gasteiger partial charge in [0.15, 0.2) is 5.82 Å². The number of hydrogen-bond donors (Lipinski definition) is 3. The van der Waals surface area contributed by atoms with E-state index in [9.17, 15) is 9.59 Å². The Morgan fingerprint density at radius 1 is 1.25 bits per heavy atom. The van der Waals surface area contributed by atoms with Crippen LogP contribution in [0.15, 0.2) is 29.1 Å². The summed E-state index contributed by atoms with van der Waals surface area (Å²) in [7, 11) is 0. The number of fused-ring (bicyclic) bond motifs is 1. The number of carbonyl (C=O) groups excluding carboxylic acids is 1. The Bertz CT molecular complexity index is 888. The summed E-state index contributed by atoms with van der Waals surface area (Å²) < 4.78 is 0. The van der Waals surface area contributed by atoms with Crippen molar-refractivity contribution in [2.75, 3.05) is 6.54 Å². The summed E-state index contributed by atoms with van der Waals surface area (Å²) in [6.07, 6.45) is 1.34. The largest absolute Gasteiger partial charge is 0.356 e. The lowest BCUT2D eigenvalue weighted by Crippen LogP contribution is -2.30. The molecule has 0 saturated carbocycles. The number of benzene rings is 1. The molecule has 9 nitrogen and oxygen atoms in total. The van der Waals surface area contributed by atoms with Crippen LogP contribution in [0.25, 0.3) is 10.8 Å². The molecule has 2 heterocycles. The summed E-state index contributed by atoms with van der Waals surface area (Å²) >= 11 is 0. The van der Waals surface area contributed by atoms with Gasteiger partial charge in [-0.25, -0.2) is 5.10 Å². The summed E-state index contributed by atoms with van der Waals surface area (Å²) in [6, 6.07) is 7.12. The first-order chi connectivity index (χ1) is 11.7. The Hall–Kier alpha value is -3.10. The molecule has 0 saturated heterocycles. The van der Waals surface area contributed by atoms with E-state index in [0.29, 0.717) is 41.7 Å². The van der Waals surface area contributed by atoms with Gasteiger partial charge in [0, 0.05) is 18.4 Å². The summed E-state index contributed by atoms with van der Waals surface area (Å²) in [4.78, 5) is 24.1. The molecule has 124 valence electrons. The maximum atomic E-state index is 12.3. The average Bonchev–Trinajstić information content (AvgIpc) is 3.12. The standard InChI is InChI=1S/C15H17N7O2/c1-9(14(23)16-8-4-7-12-17-21-22-18-12)13-10-5-2-3-6-11(10)15(24)20-19-13/h2-3,5-6,9H,4,7-8H2,1H3,(H,16,23)(H,20,24)(H,17,18,21,22)/t9-/m0/s1. The van der Waals surface area contributed by atoms with Crippen LogP contribution < -0.4 is 10.9 Å². The number of nitrogens with one attached hydrogen (secondary N) is 3. The van der Waals surface area contributed by atoms with Crippen LogP contribution in [-0.4, -0.2) is 43.3 Å². The second-order valence-electron chi connectivity index (χ2n) is 5.43. The van der Waals surface area contributed by atoms with Gasteiger partial charge in [-0.15, -0.1) is 10.2 Å². The topological polar surface area (TPSA) is 129 Å². The van der Waals surface area contributed by atoms with Crippen LogP contribution in [0, 0.1) is 0 Å². The third-order valence-electron chi connectivity index (χ3n) is 3.79. The fraction of sp³-hybridized carbons (Fsp3) is 0.333. The minimum Gasteiger partial charge on any atom is -0.356 e. The van der Waals surface area contributed by atoms with Gasteiger partial charge in [0.05, 0.1) is 17.0 Å². The van der Waals surface area contributed by atoms with Gasteiger partial charge < -0.3 is 5.32 Å². The lowest BCUT2D eigenvalue weighted by atomic mass is 10.0. The van der Waals surface area contributed by atoms with Gasteiger partial charge in [-0.3, -0.25) is 9.59 Å². The molecule has 24 heavy (non-hydrogen) atoms. The number of H-pyrrole nitrogens is 2. The van der Waals surface area contributed by atoms with Crippen molar-refractivity contribution in [2.45, 2.75) is 25.7 Å². The van der Waals surface area contributed by atoms with E-state index in [1.807, 2.05) is 6.07 Å². The van der Waals surface area contributed by atoms with E-state index >= 15 is 0 Å². The van der Waals surface area contributed by atoms with E-state index < -0.39 is 5.92 Å². The molecule has 0 spiro atoms. The zero-order valence-electron chi connectivity index (χ0n) is 13.1. The maximum absolute atomic E-state index is 12.3. The van der Waals surface area contributed by atoms with Crippen LogP contribution in [0.2, 0.25) is 0 Å². The number of aromatic nitrogens is 6. The third kappa shape index (κ3) is 3.29. The molecule has 1 aromatic carbocycles. The molecule has 0 aliphatic carbocycles. The Morgan fingerprint density at radius 2 is 2.04 bits per heavy atom. The van der Waals surface area contributed by atoms with Crippen molar-refractivity contribution in [3.05, 3.63) is 46.1 Å². The van der Waals surface area contributed by atoms with Gasteiger partial charge in [-0.1, -0.05) is 23.4 Å². The number of rotatable bonds is 6. The van der Waals surface area contributed by atoms with E-state index in [1.54, 1.807) is 25.1 Å². The minimum absolute atomic E-state index is 0.146. The van der Waals surface area contributed by atoms with Gasteiger partial charge in [0.1, 0.15) is 0 Å². The normalized spacial score (nSPS) is 12.2. The fourth-order valence-electron chi connectivity index (χ4n) is 2.49. The van der Waals surface area contributed by atoms with E-state index in [4.69, 9.17) is 0 Å². The van der Waals surface area contributed by atoms with E-state index in [2.05, 4.69) is 36.1 Å². The van der Waals surface area contributed by atoms with Crippen molar-refractivity contribution in [1.82, 2.24) is 36.1 Å². The van der Waals surface area contributed by atoms with Crippen molar-refractivity contribution in [3.8, 4) is 0 Å². The molecule has 0 bridgehead atoms. The van der Waals surface area contributed by atoms with Crippen LogP contribution in [0.5, 0.6) is 0 Å². The molecule has 3 aromatic rings. The maximum Gasteiger partial charge on any atom is 0.272 e. The first-order valence-electron chi connectivity index (χ1n) is 7.64. The first kappa shape index (κ1) is 15.8. The molecule has 9 heteroatoms. The Kier molecular flexibility index (Phi) is 4.59. The SMILES string of the molecule is C[C@H](C(=O)NCCCc1nn[nH]n1)c1n[nH]c(=O)c2ccccc12. The van der Waals surface area contributed by atoms with Crippen molar-refractivity contribution < 1.29 is 4.79 Å². The van der Waals surface area contributed by atoms with Crippen LogP contribution in [0.3, 0.4) is 0 Å². The Morgan fingerprint density at radius 3 is 2.79 bits per heavy atom. The smallest absolute Gasteiger partial charge is 0.272 e. The summed E-state index contributed by atoms with van der Waals surface area (Å²) in [5, 5.41) is 24.2. The molecular weight excluding hydrogens is 310 g/mol. The Labute approximate surface area is 136 Å². The highest BCUT2D eigenvalue weighted by molar-refractivity contribution is 5.90. The second kappa shape index (κ2) is 6.99. The fourth-order valence-corrected chi connectivity index (χ4v) is 2.49. The summed E-state index contributed by atoms with van der Waals surface area (Å²) in [5.41, 5.74) is 0.294. The van der Waals surface area contributed by atoms with Crippen LogP contribution >= 0.6 is 0 Å². The summed E-state index contributed by atoms with van der Waals surface area (Å²) in [5.74, 6) is -0.00432. The molecule has 0 fully saturated rings. The number of amides is 1. The molecule has 0 unspecified atom stereocenters. The average molecular weight is 327 g/mol. The number of nitrogens with zero attached hydrogens (tertiary/aromatic N) is 4. The van der Waals surface area contributed by atoms with Crippen molar-refractivity contribution >= 4 is 16.7 Å². The molecule has 0 aliphatic rings. The first-order valence-corrected chi connectivity index (χ1v) is 7.64. The van der Waals surface area contributed by atoms with E-state index in [0.717, 1.165) is 0 Å². The molecule has 0 radical (unpaired) electrons. The van der Waals surface area contributed by atoms with Crippen molar-refractivity contribution in [1.29, 1.82) is 0 Å². The van der Waals surface area contributed by atoms with Crippen LogP contribution in [0.4, 0.5) is 0 Å². The predicted molar refractivity (Wildman–Crippen MR) is 86.3 cm³/mol. The summed E-state index contributed by atoms with van der Waals surface area (Å²) in [6.45, 7) is 2.26. The zero-order chi connectivity index (χ0) is 16.9. The number of aromatic amines is 2. The molecule has 1 atom stereocenters. The highest BCUT2D eigenvalue weighted by Gasteiger charge is 2.19. The molecule has 1 amide bonds. The predicted octanol–water partition coefficient (Wildman–Crippen LogP) is 0.289. The molecule has 2 aromatic heterocycles. The monoisotopic (exact) mass is 327 g/mol. The van der Waals surface area contributed by atoms with Gasteiger partial charge in [0.25, 0.3) is 5.56 Å². The van der Waals surface area contributed by atoms with Crippen LogP contribution in [-0.2, 0) is 11.2 Å². The van der Waals surface area contributed by atoms with E-state index in [-0.39, 0.29) is 11.5 Å². The van der Waals surface area contributed by atoms with Gasteiger partial charge in [-0.05, 0) is 19.4 Å². The molecular formula is C15H17N7O2. The number of tetrazole rings is 1. The lowest BCUT2D eigenvalue weighted by Gasteiger charge is -2.13. The highest BCUT2D eigenvalue weighted by Crippen LogP contribution is 2.20. The van der Waals surface area contributed by atoms with Crippen molar-refractivity contribution in [3.63, 3.8) is 0 Å². The molecule has 0 aliphatic heterocycles. The Balaban J connectivity index is 1.65. The zero-order valence-corrected chi connectivity index (χ0v) is 13.1. The van der Waals surface area contributed by atoms with Gasteiger partial charge in [0.2, 0.25) is 5.91 Å². The lowest BCUT2D eigenvalue weighted by molar-refractivity contribution is -0.122. The van der Waals surface area contributed by atoms with Crippen molar-refractivity contribution in [2.24, 2.45) is 0 Å². The number of hydrogen-bond acceptors (Lipinski definition) is 6. The highest BCUT2D eigenvalue weighted by atomic mass is 16.2. The number of aryl methyl sites for hydroxylation is 1. The van der Waals surface area contributed by atoms with Gasteiger partial charge >= 0.3 is 0 Å². The van der Waals surface area contributed by atoms with Gasteiger partial charge in [-0.2, -0.15) is 10.3 Å². The van der Waals surface area contributed by atoms with Crippen LogP contribution in [0.1, 0.15) is 30.8 Å². The number of carbonyl (C=O) groups is 1. The van der Waals surface area contributed by atoms with E-state index in [1.165, 1.54) is 0 Å². The molecule has 3 N–H and O–H groups in total. The minimum atomic E-state index is -0.475.